The summed E-state index contributed by atoms with van der Waals surface area (Å²) in [5.74, 6) is -0.373. The Bertz CT molecular complexity index is 542. The zero-order valence-electron chi connectivity index (χ0n) is 13.8. The van der Waals surface area contributed by atoms with Gasteiger partial charge in [0.05, 0.1) is 36.6 Å². The van der Waals surface area contributed by atoms with E-state index in [0.717, 1.165) is 45.4 Å². The van der Waals surface area contributed by atoms with Crippen molar-refractivity contribution in [3.05, 3.63) is 15.6 Å². The quantitative estimate of drug-likeness (QED) is 0.914. The summed E-state index contributed by atoms with van der Waals surface area (Å²) in [6, 6.07) is 0.436. The van der Waals surface area contributed by atoms with Crippen LogP contribution in [0.5, 0.6) is 0 Å². The van der Waals surface area contributed by atoms with E-state index in [2.05, 4.69) is 12.2 Å². The second-order valence-electron chi connectivity index (χ2n) is 6.70. The van der Waals surface area contributed by atoms with Crippen molar-refractivity contribution in [2.45, 2.75) is 63.4 Å². The van der Waals surface area contributed by atoms with E-state index in [-0.39, 0.29) is 11.9 Å². The van der Waals surface area contributed by atoms with Gasteiger partial charge in [0, 0.05) is 30.3 Å². The summed E-state index contributed by atoms with van der Waals surface area (Å²) < 4.78 is 17.6. The van der Waals surface area contributed by atoms with Crippen LogP contribution in [-0.2, 0) is 27.1 Å². The molecule has 2 atom stereocenters. The first-order chi connectivity index (χ1) is 11.3. The second-order valence-corrected chi connectivity index (χ2v) is 7.81. The van der Waals surface area contributed by atoms with Gasteiger partial charge >= 0.3 is 0 Å². The molecule has 0 aromatic carbocycles. The minimum absolute atomic E-state index is 0.150. The van der Waals surface area contributed by atoms with Crippen molar-refractivity contribution in [3.63, 3.8) is 0 Å². The van der Waals surface area contributed by atoms with Crippen molar-refractivity contribution in [1.82, 2.24) is 10.3 Å². The summed E-state index contributed by atoms with van der Waals surface area (Å²) in [4.78, 5) is 6.23. The van der Waals surface area contributed by atoms with Gasteiger partial charge in [-0.05, 0) is 25.7 Å². The number of rotatable bonds is 4. The number of aryl methyl sites for hydroxylation is 2. The van der Waals surface area contributed by atoms with Gasteiger partial charge in [0.25, 0.3) is 0 Å². The Morgan fingerprint density at radius 2 is 2.22 bits per heavy atom. The van der Waals surface area contributed by atoms with Gasteiger partial charge in [0.15, 0.2) is 5.79 Å². The van der Waals surface area contributed by atoms with Crippen LogP contribution in [0, 0.1) is 0 Å². The fraction of sp³-hybridized carbons (Fsp3) is 0.824. The third-order valence-corrected chi connectivity index (χ3v) is 6.41. The highest BCUT2D eigenvalue weighted by Gasteiger charge is 2.42. The normalized spacial score (nSPS) is 29.8. The first kappa shape index (κ1) is 16.0. The van der Waals surface area contributed by atoms with Gasteiger partial charge in [-0.3, -0.25) is 0 Å². The molecule has 2 saturated heterocycles. The second kappa shape index (κ2) is 6.76. The molecule has 4 rings (SSSR count). The van der Waals surface area contributed by atoms with E-state index in [1.807, 2.05) is 11.3 Å². The summed E-state index contributed by atoms with van der Waals surface area (Å²) in [6.07, 6.45) is 6.45. The number of ether oxygens (including phenoxy) is 3. The molecule has 1 aliphatic carbocycles. The summed E-state index contributed by atoms with van der Waals surface area (Å²) in [5, 5.41) is 4.98. The van der Waals surface area contributed by atoms with E-state index >= 15 is 0 Å². The summed E-state index contributed by atoms with van der Waals surface area (Å²) in [7, 11) is 0. The van der Waals surface area contributed by atoms with E-state index in [1.54, 1.807) is 0 Å². The molecule has 2 aliphatic heterocycles. The highest BCUT2D eigenvalue weighted by atomic mass is 32.1. The molecule has 1 aromatic heterocycles. The molecule has 1 aromatic rings. The van der Waals surface area contributed by atoms with Gasteiger partial charge in [0.2, 0.25) is 0 Å². The monoisotopic (exact) mass is 338 g/mol. The third-order valence-electron chi connectivity index (χ3n) is 5.06. The van der Waals surface area contributed by atoms with E-state index in [1.165, 1.54) is 28.4 Å². The zero-order valence-corrected chi connectivity index (χ0v) is 14.6. The molecule has 6 heteroatoms. The summed E-state index contributed by atoms with van der Waals surface area (Å²) in [5.41, 5.74) is 1.32. The van der Waals surface area contributed by atoms with Crippen LogP contribution in [0.15, 0.2) is 0 Å². The Labute approximate surface area is 141 Å². The zero-order chi connectivity index (χ0) is 15.7. The highest BCUT2D eigenvalue weighted by molar-refractivity contribution is 7.11. The summed E-state index contributed by atoms with van der Waals surface area (Å²) in [6.45, 7) is 5.21. The third kappa shape index (κ3) is 3.33. The number of nitrogens with zero attached hydrogens (tertiary/aromatic N) is 1. The average molecular weight is 338 g/mol. The van der Waals surface area contributed by atoms with Crippen molar-refractivity contribution in [3.8, 4) is 0 Å². The molecule has 0 bridgehead atoms. The minimum Gasteiger partial charge on any atom is -0.381 e. The predicted octanol–water partition coefficient (Wildman–Crippen LogP) is 2.59. The van der Waals surface area contributed by atoms with Crippen LogP contribution in [-0.4, -0.2) is 43.2 Å². The maximum absolute atomic E-state index is 6.22. The molecule has 0 saturated carbocycles. The number of nitrogens with one attached hydrogen (secondary N) is 1. The topological polar surface area (TPSA) is 52.6 Å². The molecule has 2 unspecified atom stereocenters. The number of aromatic nitrogens is 1. The Morgan fingerprint density at radius 1 is 1.35 bits per heavy atom. The van der Waals surface area contributed by atoms with Crippen molar-refractivity contribution < 1.29 is 14.2 Å². The largest absolute Gasteiger partial charge is 0.381 e. The minimum atomic E-state index is -0.373. The van der Waals surface area contributed by atoms with Gasteiger partial charge in [-0.25, -0.2) is 4.98 Å². The molecule has 1 spiro atoms. The fourth-order valence-corrected chi connectivity index (χ4v) is 4.91. The van der Waals surface area contributed by atoms with Crippen LogP contribution in [0.1, 0.15) is 54.2 Å². The van der Waals surface area contributed by atoms with Gasteiger partial charge in [-0.1, -0.05) is 6.92 Å². The van der Waals surface area contributed by atoms with E-state index in [0.29, 0.717) is 12.6 Å². The lowest BCUT2D eigenvalue weighted by Gasteiger charge is -2.32. The first-order valence-electron chi connectivity index (χ1n) is 8.89. The number of thiazole rings is 1. The van der Waals surface area contributed by atoms with E-state index in [9.17, 15) is 0 Å². The lowest BCUT2D eigenvalue weighted by molar-refractivity contribution is -0.210. The van der Waals surface area contributed by atoms with E-state index < -0.39 is 0 Å². The highest BCUT2D eigenvalue weighted by Crippen LogP contribution is 2.36. The van der Waals surface area contributed by atoms with Gasteiger partial charge in [-0.15, -0.1) is 11.3 Å². The number of fused-ring (bicyclic) bond motifs is 1. The molecular formula is C17H26N2O3S. The first-order valence-corrected chi connectivity index (χ1v) is 9.71. The van der Waals surface area contributed by atoms with Crippen LogP contribution in [0.2, 0.25) is 0 Å². The Hall–Kier alpha value is -0.530. The SMILES string of the molecule is CCc1nc2c(s1)C(NCC1COC3(CCOCC3)O1)CCC2. The average Bonchev–Trinajstić information content (AvgIpc) is 3.18. The molecule has 5 nitrogen and oxygen atoms in total. The smallest absolute Gasteiger partial charge is 0.173 e. The molecule has 1 N–H and O–H groups in total. The Balaban J connectivity index is 1.34. The van der Waals surface area contributed by atoms with Crippen LogP contribution in [0.4, 0.5) is 0 Å². The molecular weight excluding hydrogens is 312 g/mol. The molecule has 3 heterocycles. The van der Waals surface area contributed by atoms with Crippen LogP contribution >= 0.6 is 11.3 Å². The maximum atomic E-state index is 6.22. The van der Waals surface area contributed by atoms with Crippen molar-refractivity contribution in [2.24, 2.45) is 0 Å². The lowest BCUT2D eigenvalue weighted by atomic mass is 9.98. The van der Waals surface area contributed by atoms with Gasteiger partial charge < -0.3 is 19.5 Å². The van der Waals surface area contributed by atoms with Crippen molar-refractivity contribution in [1.29, 1.82) is 0 Å². The molecule has 0 amide bonds. The molecule has 2 fully saturated rings. The fourth-order valence-electron chi connectivity index (χ4n) is 3.75. The maximum Gasteiger partial charge on any atom is 0.173 e. The summed E-state index contributed by atoms with van der Waals surface area (Å²) >= 11 is 1.89. The van der Waals surface area contributed by atoms with Crippen LogP contribution in [0.25, 0.3) is 0 Å². The van der Waals surface area contributed by atoms with Crippen molar-refractivity contribution in [2.75, 3.05) is 26.4 Å². The molecule has 23 heavy (non-hydrogen) atoms. The van der Waals surface area contributed by atoms with Gasteiger partial charge in [-0.2, -0.15) is 0 Å². The molecule has 128 valence electrons. The number of hydrogen-bond donors (Lipinski definition) is 1. The van der Waals surface area contributed by atoms with Gasteiger partial charge in [0.1, 0.15) is 0 Å². The van der Waals surface area contributed by atoms with E-state index in [4.69, 9.17) is 19.2 Å². The molecule has 3 aliphatic rings. The Morgan fingerprint density at radius 3 is 3.04 bits per heavy atom. The van der Waals surface area contributed by atoms with Crippen molar-refractivity contribution >= 4 is 11.3 Å². The van der Waals surface area contributed by atoms with Crippen LogP contribution < -0.4 is 5.32 Å². The van der Waals surface area contributed by atoms with Crippen LogP contribution in [0.3, 0.4) is 0 Å². The molecule has 0 radical (unpaired) electrons. The number of hydrogen-bond acceptors (Lipinski definition) is 6. The predicted molar refractivity (Wildman–Crippen MR) is 88.8 cm³/mol. The Kier molecular flexibility index (Phi) is 4.70. The lowest BCUT2D eigenvalue weighted by Crippen LogP contribution is -2.39. The standard InChI is InChI=1S/C17H26N2O3S/c1-2-15-19-14-5-3-4-13(16(14)23-15)18-10-12-11-21-17(22-12)6-8-20-9-7-17/h12-13,18H,2-11H2,1H3.